The van der Waals surface area contributed by atoms with Crippen LogP contribution in [0.4, 0.5) is 0 Å². The Kier molecular flexibility index (Phi) is 2.75. The van der Waals surface area contributed by atoms with Gasteiger partial charge in [-0.25, -0.2) is 4.79 Å². The molecule has 0 fully saturated rings. The van der Waals surface area contributed by atoms with Gasteiger partial charge in [-0.1, -0.05) is 36.4 Å². The normalized spacial score (nSPS) is 11.1. The molecular formula is C16H14O3. The third kappa shape index (κ3) is 1.78. The second-order valence-corrected chi connectivity index (χ2v) is 4.44. The van der Waals surface area contributed by atoms with Gasteiger partial charge < -0.3 is 9.15 Å². The SMILES string of the molecule is CCOC(=O)c1oc2c(ccc3ccccc32)c1C. The van der Waals surface area contributed by atoms with Gasteiger partial charge in [0.15, 0.2) is 0 Å². The Bertz CT molecular complexity index is 768. The van der Waals surface area contributed by atoms with Crippen LogP contribution in [0.25, 0.3) is 21.7 Å². The van der Waals surface area contributed by atoms with Gasteiger partial charge in [-0.05, 0) is 19.2 Å². The summed E-state index contributed by atoms with van der Waals surface area (Å²) in [5.41, 5.74) is 1.58. The summed E-state index contributed by atoms with van der Waals surface area (Å²) in [7, 11) is 0. The van der Waals surface area contributed by atoms with E-state index in [1.807, 2.05) is 43.3 Å². The summed E-state index contributed by atoms with van der Waals surface area (Å²) in [4.78, 5) is 11.9. The minimum Gasteiger partial charge on any atom is -0.460 e. The number of benzene rings is 2. The molecule has 0 amide bonds. The van der Waals surface area contributed by atoms with Crippen molar-refractivity contribution < 1.29 is 13.9 Å². The Morgan fingerprint density at radius 2 is 1.95 bits per heavy atom. The van der Waals surface area contributed by atoms with E-state index in [0.29, 0.717) is 12.4 Å². The van der Waals surface area contributed by atoms with E-state index in [2.05, 4.69) is 0 Å². The lowest BCUT2D eigenvalue weighted by molar-refractivity contribution is 0.0491. The Morgan fingerprint density at radius 1 is 1.16 bits per heavy atom. The van der Waals surface area contributed by atoms with Crippen molar-refractivity contribution in [2.45, 2.75) is 13.8 Å². The van der Waals surface area contributed by atoms with Crippen LogP contribution < -0.4 is 0 Å². The summed E-state index contributed by atoms with van der Waals surface area (Å²) < 4.78 is 10.8. The van der Waals surface area contributed by atoms with Crippen LogP contribution in [-0.4, -0.2) is 12.6 Å². The Balaban J connectivity index is 2.30. The van der Waals surface area contributed by atoms with Crippen molar-refractivity contribution in [2.24, 2.45) is 0 Å². The molecule has 1 aromatic heterocycles. The van der Waals surface area contributed by atoms with Gasteiger partial charge in [0, 0.05) is 16.3 Å². The van der Waals surface area contributed by atoms with Gasteiger partial charge in [0.05, 0.1) is 6.61 Å². The van der Waals surface area contributed by atoms with Crippen molar-refractivity contribution in [1.29, 1.82) is 0 Å². The van der Waals surface area contributed by atoms with Gasteiger partial charge in [0.2, 0.25) is 5.76 Å². The molecular weight excluding hydrogens is 240 g/mol. The molecule has 0 aliphatic carbocycles. The molecule has 2 aromatic carbocycles. The predicted octanol–water partition coefficient (Wildman–Crippen LogP) is 4.07. The molecule has 0 aliphatic rings. The molecule has 3 heteroatoms. The number of fused-ring (bicyclic) bond motifs is 3. The number of hydrogen-bond acceptors (Lipinski definition) is 3. The molecule has 0 bridgehead atoms. The second-order valence-electron chi connectivity index (χ2n) is 4.44. The molecule has 19 heavy (non-hydrogen) atoms. The summed E-state index contributed by atoms with van der Waals surface area (Å²) >= 11 is 0. The zero-order valence-corrected chi connectivity index (χ0v) is 10.9. The van der Waals surface area contributed by atoms with E-state index in [1.165, 1.54) is 0 Å². The summed E-state index contributed by atoms with van der Waals surface area (Å²) in [6.07, 6.45) is 0. The molecule has 0 N–H and O–H groups in total. The number of esters is 1. The van der Waals surface area contributed by atoms with Crippen molar-refractivity contribution in [1.82, 2.24) is 0 Å². The van der Waals surface area contributed by atoms with E-state index in [1.54, 1.807) is 6.92 Å². The lowest BCUT2D eigenvalue weighted by Crippen LogP contribution is -2.04. The first-order valence-electron chi connectivity index (χ1n) is 6.30. The number of furan rings is 1. The molecule has 3 rings (SSSR count). The number of carbonyl (C=O) groups excluding carboxylic acids is 1. The zero-order chi connectivity index (χ0) is 13.4. The minimum atomic E-state index is -0.403. The first kappa shape index (κ1) is 11.8. The van der Waals surface area contributed by atoms with Crippen LogP contribution in [0.5, 0.6) is 0 Å². The number of rotatable bonds is 2. The van der Waals surface area contributed by atoms with Gasteiger partial charge >= 0.3 is 5.97 Å². The number of aryl methyl sites for hydroxylation is 1. The molecule has 0 unspecified atom stereocenters. The topological polar surface area (TPSA) is 39.4 Å². The lowest BCUT2D eigenvalue weighted by Gasteiger charge is -1.98. The molecule has 0 atom stereocenters. The van der Waals surface area contributed by atoms with E-state index < -0.39 is 5.97 Å². The van der Waals surface area contributed by atoms with Crippen molar-refractivity contribution >= 4 is 27.7 Å². The van der Waals surface area contributed by atoms with Gasteiger partial charge in [0.25, 0.3) is 0 Å². The van der Waals surface area contributed by atoms with Gasteiger partial charge in [-0.15, -0.1) is 0 Å². The van der Waals surface area contributed by atoms with Gasteiger partial charge in [0.1, 0.15) is 5.58 Å². The molecule has 0 saturated heterocycles. The highest BCUT2D eigenvalue weighted by atomic mass is 16.5. The Hall–Kier alpha value is -2.29. The van der Waals surface area contributed by atoms with Crippen LogP contribution in [-0.2, 0) is 4.74 Å². The van der Waals surface area contributed by atoms with E-state index in [0.717, 1.165) is 27.3 Å². The molecule has 0 radical (unpaired) electrons. The molecule has 0 spiro atoms. The third-order valence-electron chi connectivity index (χ3n) is 3.29. The lowest BCUT2D eigenvalue weighted by atomic mass is 10.1. The fourth-order valence-electron chi connectivity index (χ4n) is 2.34. The minimum absolute atomic E-state index is 0.299. The monoisotopic (exact) mass is 254 g/mol. The maximum atomic E-state index is 11.9. The van der Waals surface area contributed by atoms with Crippen molar-refractivity contribution in [3.63, 3.8) is 0 Å². The Morgan fingerprint density at radius 3 is 2.74 bits per heavy atom. The highest BCUT2D eigenvalue weighted by Gasteiger charge is 2.19. The summed E-state index contributed by atoms with van der Waals surface area (Å²) in [5.74, 6) is -0.103. The number of ether oxygens (including phenoxy) is 1. The molecule has 0 aliphatic heterocycles. The van der Waals surface area contributed by atoms with Gasteiger partial charge in [-0.2, -0.15) is 0 Å². The standard InChI is InChI=1S/C16H14O3/c1-3-18-16(17)14-10(2)12-9-8-11-6-4-5-7-13(11)15(12)19-14/h4-9H,3H2,1-2H3. The Labute approximate surface area is 110 Å². The predicted molar refractivity (Wildman–Crippen MR) is 74.4 cm³/mol. The maximum absolute atomic E-state index is 11.9. The van der Waals surface area contributed by atoms with E-state index in [-0.39, 0.29) is 0 Å². The maximum Gasteiger partial charge on any atom is 0.374 e. The van der Waals surface area contributed by atoms with Crippen LogP contribution in [0, 0.1) is 6.92 Å². The summed E-state index contributed by atoms with van der Waals surface area (Å²) in [6, 6.07) is 12.0. The van der Waals surface area contributed by atoms with Crippen molar-refractivity contribution in [3.05, 3.63) is 47.7 Å². The molecule has 3 aromatic rings. The molecule has 96 valence electrons. The van der Waals surface area contributed by atoms with Crippen LogP contribution in [0.3, 0.4) is 0 Å². The fourth-order valence-corrected chi connectivity index (χ4v) is 2.34. The van der Waals surface area contributed by atoms with E-state index in [9.17, 15) is 4.79 Å². The van der Waals surface area contributed by atoms with Crippen LogP contribution >= 0.6 is 0 Å². The van der Waals surface area contributed by atoms with Crippen molar-refractivity contribution in [3.8, 4) is 0 Å². The fraction of sp³-hybridized carbons (Fsp3) is 0.188. The quantitative estimate of drug-likeness (QED) is 0.647. The summed E-state index contributed by atoms with van der Waals surface area (Å²) in [5, 5.41) is 3.07. The second kappa shape index (κ2) is 4.43. The third-order valence-corrected chi connectivity index (χ3v) is 3.29. The molecule has 1 heterocycles. The van der Waals surface area contributed by atoms with E-state index >= 15 is 0 Å². The van der Waals surface area contributed by atoms with E-state index in [4.69, 9.17) is 9.15 Å². The smallest absolute Gasteiger partial charge is 0.374 e. The van der Waals surface area contributed by atoms with Gasteiger partial charge in [-0.3, -0.25) is 0 Å². The zero-order valence-electron chi connectivity index (χ0n) is 10.9. The average Bonchev–Trinajstić information content (AvgIpc) is 2.77. The highest BCUT2D eigenvalue weighted by molar-refractivity contribution is 6.08. The van der Waals surface area contributed by atoms with Crippen LogP contribution in [0.2, 0.25) is 0 Å². The highest BCUT2D eigenvalue weighted by Crippen LogP contribution is 2.31. The first-order chi connectivity index (χ1) is 9.22. The van der Waals surface area contributed by atoms with Crippen molar-refractivity contribution in [2.75, 3.05) is 6.61 Å². The summed E-state index contributed by atoms with van der Waals surface area (Å²) in [6.45, 7) is 4.01. The average molecular weight is 254 g/mol. The first-order valence-corrected chi connectivity index (χ1v) is 6.30. The van der Waals surface area contributed by atoms with Crippen LogP contribution in [0.1, 0.15) is 23.0 Å². The largest absolute Gasteiger partial charge is 0.460 e. The molecule has 0 saturated carbocycles. The number of carbonyl (C=O) groups is 1. The number of hydrogen-bond donors (Lipinski definition) is 0. The van der Waals surface area contributed by atoms with Crippen LogP contribution in [0.15, 0.2) is 40.8 Å². The molecule has 3 nitrogen and oxygen atoms in total.